The van der Waals surface area contributed by atoms with E-state index in [2.05, 4.69) is 58.7 Å². The highest BCUT2D eigenvalue weighted by Gasteiger charge is 2.40. The molecule has 0 fully saturated rings. The summed E-state index contributed by atoms with van der Waals surface area (Å²) in [6, 6.07) is 0. The Kier molecular flexibility index (Phi) is 5.01. The van der Waals surface area contributed by atoms with Crippen molar-refractivity contribution in [3.63, 3.8) is 0 Å². The summed E-state index contributed by atoms with van der Waals surface area (Å²) < 4.78 is 0. The molecule has 0 aromatic heterocycles. The zero-order valence-electron chi connectivity index (χ0n) is 12.6. The van der Waals surface area contributed by atoms with E-state index in [4.69, 9.17) is 0 Å². The van der Waals surface area contributed by atoms with Gasteiger partial charge in [-0.1, -0.05) is 44.2 Å². The second-order valence-electron chi connectivity index (χ2n) is 4.86. The Bertz CT molecular complexity index is 409. The summed E-state index contributed by atoms with van der Waals surface area (Å²) in [6.45, 7) is 16.0. The second kappa shape index (κ2) is 6.08. The zero-order chi connectivity index (χ0) is 13.8. The molecule has 1 nitrogen and oxygen atoms in total. The third-order valence-electron chi connectivity index (χ3n) is 4.35. The average Bonchev–Trinajstić information content (AvgIpc) is 2.36. The van der Waals surface area contributed by atoms with E-state index in [0.717, 1.165) is 19.4 Å². The van der Waals surface area contributed by atoms with Crippen molar-refractivity contribution in [2.75, 3.05) is 6.54 Å². The minimum absolute atomic E-state index is 0.00877. The molecule has 0 saturated carbocycles. The Labute approximate surface area is 112 Å². The minimum Gasteiger partial charge on any atom is -0.384 e. The van der Waals surface area contributed by atoms with Crippen LogP contribution in [0.25, 0.3) is 0 Å². The Morgan fingerprint density at radius 1 is 1.33 bits per heavy atom. The van der Waals surface area contributed by atoms with Crippen LogP contribution in [0.3, 0.4) is 0 Å². The van der Waals surface area contributed by atoms with Gasteiger partial charge in [-0.05, 0) is 44.8 Å². The molecule has 1 rings (SSSR count). The second-order valence-corrected chi connectivity index (χ2v) is 4.86. The third kappa shape index (κ3) is 2.07. The predicted molar refractivity (Wildman–Crippen MR) is 81.4 cm³/mol. The van der Waals surface area contributed by atoms with Crippen LogP contribution >= 0.6 is 0 Å². The van der Waals surface area contributed by atoms with Crippen molar-refractivity contribution in [3.05, 3.63) is 47.2 Å². The summed E-state index contributed by atoms with van der Waals surface area (Å²) in [6.07, 6.45) is 8.65. The standard InChI is InChI=1S/C17H27N/c1-7-13(6)17(11-5,15(9-3)10-4)16-14(8-2)12-18-16/h7,9-10,18H,3,8,11-12H2,1-2,4-6H3/b13-7+,15-10+. The SMILES string of the molecule is C=C/C(=C\C)C(CC)(C1=C(CC)CN1)/C(C)=C/C. The highest BCUT2D eigenvalue weighted by Crippen LogP contribution is 2.48. The summed E-state index contributed by atoms with van der Waals surface area (Å²) in [5.74, 6) is 0. The highest BCUT2D eigenvalue weighted by atomic mass is 15.0. The van der Waals surface area contributed by atoms with E-state index >= 15 is 0 Å². The fourth-order valence-corrected chi connectivity index (χ4v) is 3.07. The lowest BCUT2D eigenvalue weighted by Crippen LogP contribution is -2.43. The molecule has 0 amide bonds. The Morgan fingerprint density at radius 3 is 2.28 bits per heavy atom. The Morgan fingerprint density at radius 2 is 2.00 bits per heavy atom. The van der Waals surface area contributed by atoms with Crippen LogP contribution in [0.5, 0.6) is 0 Å². The van der Waals surface area contributed by atoms with E-state index in [-0.39, 0.29) is 5.41 Å². The van der Waals surface area contributed by atoms with Crippen molar-refractivity contribution in [1.29, 1.82) is 0 Å². The molecule has 1 unspecified atom stereocenters. The normalized spacial score (nSPS) is 20.1. The first-order valence-electron chi connectivity index (χ1n) is 7.01. The van der Waals surface area contributed by atoms with Gasteiger partial charge in [-0.2, -0.15) is 0 Å². The first kappa shape index (κ1) is 14.8. The fraction of sp³-hybridized carbons (Fsp3) is 0.529. The van der Waals surface area contributed by atoms with Gasteiger partial charge in [-0.3, -0.25) is 0 Å². The van der Waals surface area contributed by atoms with Crippen molar-refractivity contribution < 1.29 is 0 Å². The Balaban J connectivity index is 3.47. The molecule has 1 N–H and O–H groups in total. The maximum atomic E-state index is 4.01. The molecule has 1 atom stereocenters. The molecular formula is C17H27N. The summed E-state index contributed by atoms with van der Waals surface area (Å²) >= 11 is 0. The lowest BCUT2D eigenvalue weighted by Gasteiger charge is -2.44. The average molecular weight is 245 g/mol. The van der Waals surface area contributed by atoms with Gasteiger partial charge in [-0.15, -0.1) is 0 Å². The molecule has 0 spiro atoms. The van der Waals surface area contributed by atoms with Crippen molar-refractivity contribution >= 4 is 0 Å². The molecule has 1 heterocycles. The van der Waals surface area contributed by atoms with Gasteiger partial charge >= 0.3 is 0 Å². The maximum absolute atomic E-state index is 4.01. The van der Waals surface area contributed by atoms with Crippen molar-refractivity contribution in [2.24, 2.45) is 5.41 Å². The van der Waals surface area contributed by atoms with Gasteiger partial charge < -0.3 is 5.32 Å². The van der Waals surface area contributed by atoms with Crippen LogP contribution in [0.2, 0.25) is 0 Å². The van der Waals surface area contributed by atoms with Crippen LogP contribution in [-0.4, -0.2) is 6.54 Å². The predicted octanol–water partition coefficient (Wildman–Crippen LogP) is 4.75. The van der Waals surface area contributed by atoms with Crippen molar-refractivity contribution in [3.8, 4) is 0 Å². The summed E-state index contributed by atoms with van der Waals surface area (Å²) in [7, 11) is 0. The van der Waals surface area contributed by atoms with Crippen LogP contribution < -0.4 is 5.32 Å². The van der Waals surface area contributed by atoms with Crippen molar-refractivity contribution in [1.82, 2.24) is 5.32 Å². The van der Waals surface area contributed by atoms with Crippen LogP contribution in [0.15, 0.2) is 47.2 Å². The lowest BCUT2D eigenvalue weighted by atomic mass is 9.66. The zero-order valence-corrected chi connectivity index (χ0v) is 12.6. The van der Waals surface area contributed by atoms with Crippen LogP contribution in [0, 0.1) is 5.41 Å². The maximum Gasteiger partial charge on any atom is 0.0549 e. The van der Waals surface area contributed by atoms with Gasteiger partial charge in [-0.25, -0.2) is 0 Å². The van der Waals surface area contributed by atoms with E-state index in [1.54, 1.807) is 5.57 Å². The quantitative estimate of drug-likeness (QED) is 0.526. The molecule has 0 radical (unpaired) electrons. The third-order valence-corrected chi connectivity index (χ3v) is 4.35. The van der Waals surface area contributed by atoms with E-state index in [9.17, 15) is 0 Å². The fourth-order valence-electron chi connectivity index (χ4n) is 3.07. The molecule has 0 aromatic carbocycles. The van der Waals surface area contributed by atoms with Crippen LogP contribution in [0.4, 0.5) is 0 Å². The van der Waals surface area contributed by atoms with E-state index in [0.29, 0.717) is 0 Å². The smallest absolute Gasteiger partial charge is 0.0549 e. The first-order chi connectivity index (χ1) is 8.62. The van der Waals surface area contributed by atoms with Gasteiger partial charge in [0, 0.05) is 12.2 Å². The van der Waals surface area contributed by atoms with Gasteiger partial charge in [0.05, 0.1) is 5.41 Å². The van der Waals surface area contributed by atoms with Crippen LogP contribution in [0.1, 0.15) is 47.5 Å². The Hall–Kier alpha value is -1.24. The number of nitrogens with one attached hydrogen (secondary N) is 1. The first-order valence-corrected chi connectivity index (χ1v) is 7.01. The molecule has 0 bridgehead atoms. The van der Waals surface area contributed by atoms with Gasteiger partial charge in [0.25, 0.3) is 0 Å². The number of allylic oxidation sites excluding steroid dienone is 4. The summed E-state index contributed by atoms with van der Waals surface area (Å²) in [5, 5.41) is 3.55. The van der Waals surface area contributed by atoms with Crippen LogP contribution in [-0.2, 0) is 0 Å². The monoisotopic (exact) mass is 245 g/mol. The summed E-state index contributed by atoms with van der Waals surface area (Å²) in [5.41, 5.74) is 5.70. The molecule has 0 saturated heterocycles. The number of rotatable bonds is 6. The van der Waals surface area contributed by atoms with Crippen molar-refractivity contribution in [2.45, 2.75) is 47.5 Å². The number of hydrogen-bond donors (Lipinski definition) is 1. The van der Waals surface area contributed by atoms with Gasteiger partial charge in [0.2, 0.25) is 0 Å². The molecule has 0 aliphatic carbocycles. The molecule has 18 heavy (non-hydrogen) atoms. The molecule has 0 aromatic rings. The molecule has 1 aliphatic heterocycles. The molecule has 1 heteroatoms. The minimum atomic E-state index is 0.00877. The van der Waals surface area contributed by atoms with Gasteiger partial charge in [0.15, 0.2) is 0 Å². The highest BCUT2D eigenvalue weighted by molar-refractivity contribution is 5.48. The van der Waals surface area contributed by atoms with E-state index in [1.807, 2.05) is 6.08 Å². The summed E-state index contributed by atoms with van der Waals surface area (Å²) in [4.78, 5) is 0. The number of hydrogen-bond acceptors (Lipinski definition) is 1. The van der Waals surface area contributed by atoms with E-state index < -0.39 is 0 Å². The lowest BCUT2D eigenvalue weighted by molar-refractivity contribution is 0.430. The topological polar surface area (TPSA) is 12.0 Å². The van der Waals surface area contributed by atoms with Gasteiger partial charge in [0.1, 0.15) is 0 Å². The molecule has 100 valence electrons. The molecular weight excluding hydrogens is 218 g/mol. The largest absolute Gasteiger partial charge is 0.384 e. The molecule has 1 aliphatic rings. The van der Waals surface area contributed by atoms with E-state index in [1.165, 1.54) is 16.8 Å².